The number of carbonyl (C=O) groups is 2. The lowest BCUT2D eigenvalue weighted by molar-refractivity contribution is -0.116. The maximum Gasteiger partial charge on any atom is 0.251 e. The van der Waals surface area contributed by atoms with Crippen LogP contribution < -0.4 is 10.2 Å². The Bertz CT molecular complexity index is 641. The molecule has 0 radical (unpaired) electrons. The molecular weight excluding hydrogens is 344 g/mol. The van der Waals surface area contributed by atoms with Crippen molar-refractivity contribution >= 4 is 33.4 Å². The van der Waals surface area contributed by atoms with Crippen LogP contribution in [-0.2, 0) is 4.79 Å². The molecule has 0 fully saturated rings. The van der Waals surface area contributed by atoms with Gasteiger partial charge >= 0.3 is 0 Å². The van der Waals surface area contributed by atoms with Gasteiger partial charge in [-0.15, -0.1) is 0 Å². The molecule has 0 aliphatic rings. The fourth-order valence-electron chi connectivity index (χ4n) is 2.06. The number of hydrogen-bond donors (Lipinski definition) is 1. The monoisotopic (exact) mass is 360 g/mol. The fourth-order valence-corrected chi connectivity index (χ4v) is 2.33. The molecule has 22 heavy (non-hydrogen) atoms. The van der Waals surface area contributed by atoms with Crippen molar-refractivity contribution in [1.29, 1.82) is 0 Å². The Morgan fingerprint density at radius 1 is 1.05 bits per heavy atom. The van der Waals surface area contributed by atoms with Crippen molar-refractivity contribution in [2.75, 3.05) is 18.0 Å². The number of carbonyl (C=O) groups excluding carboxylic acids is 2. The van der Waals surface area contributed by atoms with E-state index in [0.29, 0.717) is 18.7 Å². The van der Waals surface area contributed by atoms with E-state index in [1.165, 1.54) is 6.92 Å². The molecule has 2 amide bonds. The number of hydrogen-bond acceptors (Lipinski definition) is 2. The van der Waals surface area contributed by atoms with Crippen LogP contribution in [0.4, 0.5) is 5.69 Å². The van der Waals surface area contributed by atoms with Crippen LogP contribution >= 0.6 is 15.9 Å². The lowest BCUT2D eigenvalue weighted by Gasteiger charge is -2.21. The van der Waals surface area contributed by atoms with Crippen LogP contribution in [-0.4, -0.2) is 24.9 Å². The van der Waals surface area contributed by atoms with Crippen molar-refractivity contribution in [3.05, 3.63) is 64.6 Å². The topological polar surface area (TPSA) is 49.4 Å². The van der Waals surface area contributed by atoms with Crippen LogP contribution in [0.5, 0.6) is 0 Å². The zero-order valence-corrected chi connectivity index (χ0v) is 13.8. The molecule has 0 aromatic heterocycles. The predicted octanol–water partition coefficient (Wildman–Crippen LogP) is 3.23. The van der Waals surface area contributed by atoms with Gasteiger partial charge in [0.05, 0.1) is 0 Å². The van der Waals surface area contributed by atoms with Crippen LogP contribution in [0, 0.1) is 0 Å². The number of benzene rings is 2. The molecule has 2 aromatic rings. The summed E-state index contributed by atoms with van der Waals surface area (Å²) < 4.78 is 0.956. The Balaban J connectivity index is 1.94. The van der Waals surface area contributed by atoms with E-state index in [4.69, 9.17) is 0 Å². The lowest BCUT2D eigenvalue weighted by Crippen LogP contribution is -2.37. The molecule has 5 heteroatoms. The molecule has 114 valence electrons. The SMILES string of the molecule is CC(=O)N(CCNC(=O)c1ccccc1)c1ccc(Br)cc1. The predicted molar refractivity (Wildman–Crippen MR) is 90.9 cm³/mol. The van der Waals surface area contributed by atoms with E-state index in [9.17, 15) is 9.59 Å². The van der Waals surface area contributed by atoms with Gasteiger partial charge in [0, 0.05) is 35.7 Å². The normalized spacial score (nSPS) is 10.1. The second-order valence-electron chi connectivity index (χ2n) is 4.77. The molecule has 0 aliphatic heterocycles. The van der Waals surface area contributed by atoms with Crippen LogP contribution in [0.15, 0.2) is 59.1 Å². The molecule has 4 nitrogen and oxygen atoms in total. The maximum absolute atomic E-state index is 12.0. The molecule has 0 spiro atoms. The molecule has 0 atom stereocenters. The third-order valence-corrected chi connectivity index (χ3v) is 3.70. The second kappa shape index (κ2) is 7.75. The van der Waals surface area contributed by atoms with E-state index in [0.717, 1.165) is 10.2 Å². The van der Waals surface area contributed by atoms with Gasteiger partial charge in [-0.05, 0) is 36.4 Å². The van der Waals surface area contributed by atoms with E-state index < -0.39 is 0 Å². The zero-order chi connectivity index (χ0) is 15.9. The minimum Gasteiger partial charge on any atom is -0.350 e. The largest absolute Gasteiger partial charge is 0.350 e. The van der Waals surface area contributed by atoms with Gasteiger partial charge in [0.1, 0.15) is 0 Å². The van der Waals surface area contributed by atoms with E-state index in [2.05, 4.69) is 21.2 Å². The van der Waals surface area contributed by atoms with Crippen molar-refractivity contribution in [3.63, 3.8) is 0 Å². The summed E-state index contributed by atoms with van der Waals surface area (Å²) in [4.78, 5) is 25.4. The maximum atomic E-state index is 12.0. The van der Waals surface area contributed by atoms with Crippen LogP contribution in [0.25, 0.3) is 0 Å². The minimum atomic E-state index is -0.139. The Labute approximate surface area is 138 Å². The summed E-state index contributed by atoms with van der Waals surface area (Å²) in [6.07, 6.45) is 0. The Morgan fingerprint density at radius 2 is 1.68 bits per heavy atom. The van der Waals surface area contributed by atoms with Crippen molar-refractivity contribution < 1.29 is 9.59 Å². The summed E-state index contributed by atoms with van der Waals surface area (Å²) in [7, 11) is 0. The van der Waals surface area contributed by atoms with Gasteiger partial charge < -0.3 is 10.2 Å². The van der Waals surface area contributed by atoms with Crippen molar-refractivity contribution in [2.24, 2.45) is 0 Å². The second-order valence-corrected chi connectivity index (χ2v) is 5.68. The highest BCUT2D eigenvalue weighted by molar-refractivity contribution is 9.10. The highest BCUT2D eigenvalue weighted by Gasteiger charge is 2.12. The molecule has 2 aromatic carbocycles. The minimum absolute atomic E-state index is 0.0590. The Morgan fingerprint density at radius 3 is 2.27 bits per heavy atom. The molecule has 0 unspecified atom stereocenters. The average molecular weight is 361 g/mol. The molecule has 1 N–H and O–H groups in total. The van der Waals surface area contributed by atoms with Crippen molar-refractivity contribution in [1.82, 2.24) is 5.32 Å². The summed E-state index contributed by atoms with van der Waals surface area (Å²) >= 11 is 3.37. The first-order valence-electron chi connectivity index (χ1n) is 6.95. The average Bonchev–Trinajstić information content (AvgIpc) is 2.53. The van der Waals surface area contributed by atoms with Gasteiger partial charge in [-0.1, -0.05) is 34.1 Å². The van der Waals surface area contributed by atoms with Gasteiger partial charge in [-0.3, -0.25) is 9.59 Å². The molecular formula is C17H17BrN2O2. The number of anilines is 1. The number of rotatable bonds is 5. The van der Waals surface area contributed by atoms with E-state index >= 15 is 0 Å². The standard InChI is InChI=1S/C17H17BrN2O2/c1-13(21)20(16-9-7-15(18)8-10-16)12-11-19-17(22)14-5-3-2-4-6-14/h2-10H,11-12H2,1H3,(H,19,22). The number of nitrogens with zero attached hydrogens (tertiary/aromatic N) is 1. The summed E-state index contributed by atoms with van der Waals surface area (Å²) in [6.45, 7) is 2.33. The first-order valence-corrected chi connectivity index (χ1v) is 7.74. The molecule has 0 bridgehead atoms. The van der Waals surface area contributed by atoms with Crippen LogP contribution in [0.1, 0.15) is 17.3 Å². The van der Waals surface area contributed by atoms with Gasteiger partial charge in [0.25, 0.3) is 5.91 Å². The highest BCUT2D eigenvalue weighted by Crippen LogP contribution is 2.18. The number of amides is 2. The highest BCUT2D eigenvalue weighted by atomic mass is 79.9. The molecule has 0 saturated heterocycles. The van der Waals surface area contributed by atoms with E-state index in [-0.39, 0.29) is 11.8 Å². The van der Waals surface area contributed by atoms with Crippen molar-refractivity contribution in [2.45, 2.75) is 6.92 Å². The third-order valence-electron chi connectivity index (χ3n) is 3.18. The van der Waals surface area contributed by atoms with Gasteiger partial charge in [0.15, 0.2) is 0 Å². The summed E-state index contributed by atoms with van der Waals surface area (Å²) in [6, 6.07) is 16.5. The molecule has 2 rings (SSSR count). The smallest absolute Gasteiger partial charge is 0.251 e. The first-order chi connectivity index (χ1) is 10.6. The van der Waals surface area contributed by atoms with Crippen molar-refractivity contribution in [3.8, 4) is 0 Å². The molecule has 0 aliphatic carbocycles. The number of halogens is 1. The molecule has 0 heterocycles. The van der Waals surface area contributed by atoms with Gasteiger partial charge in [-0.25, -0.2) is 0 Å². The Kier molecular flexibility index (Phi) is 5.72. The first kappa shape index (κ1) is 16.2. The van der Waals surface area contributed by atoms with Crippen LogP contribution in [0.2, 0.25) is 0 Å². The quantitative estimate of drug-likeness (QED) is 0.889. The lowest BCUT2D eigenvalue weighted by atomic mass is 10.2. The number of nitrogens with one attached hydrogen (secondary N) is 1. The van der Waals surface area contributed by atoms with E-state index in [1.54, 1.807) is 17.0 Å². The Hall–Kier alpha value is -2.14. The fraction of sp³-hybridized carbons (Fsp3) is 0.176. The van der Waals surface area contributed by atoms with Gasteiger partial charge in [0.2, 0.25) is 5.91 Å². The zero-order valence-electron chi connectivity index (χ0n) is 12.3. The summed E-state index contributed by atoms with van der Waals surface area (Å²) in [5, 5.41) is 2.82. The summed E-state index contributed by atoms with van der Waals surface area (Å²) in [5.41, 5.74) is 1.42. The van der Waals surface area contributed by atoms with E-state index in [1.807, 2.05) is 42.5 Å². The molecule has 0 saturated carbocycles. The third kappa shape index (κ3) is 4.43. The van der Waals surface area contributed by atoms with Gasteiger partial charge in [-0.2, -0.15) is 0 Å². The summed E-state index contributed by atoms with van der Waals surface area (Å²) in [5.74, 6) is -0.198. The van der Waals surface area contributed by atoms with Crippen LogP contribution in [0.3, 0.4) is 0 Å².